The second-order valence-corrected chi connectivity index (χ2v) is 9.96. The van der Waals surface area contributed by atoms with Gasteiger partial charge in [-0.2, -0.15) is 11.8 Å². The predicted octanol–water partition coefficient (Wildman–Crippen LogP) is 2.81. The Labute approximate surface area is 136 Å². The van der Waals surface area contributed by atoms with Crippen molar-refractivity contribution in [1.29, 1.82) is 0 Å². The minimum absolute atomic E-state index is 0.395. The van der Waals surface area contributed by atoms with Crippen molar-refractivity contribution in [2.24, 2.45) is 0 Å². The Kier molecular flexibility index (Phi) is 6.55. The number of nitrogens with one attached hydrogen (secondary N) is 2. The number of hydrogen-bond acceptors (Lipinski definition) is 5. The first-order chi connectivity index (χ1) is 9.97. The van der Waals surface area contributed by atoms with Crippen LogP contribution < -0.4 is 10.0 Å². The average molecular weight is 349 g/mol. The topological polar surface area (TPSA) is 58.2 Å². The molecule has 1 unspecified atom stereocenters. The normalized spacial score (nSPS) is 20.0. The van der Waals surface area contributed by atoms with Crippen molar-refractivity contribution in [3.8, 4) is 0 Å². The van der Waals surface area contributed by atoms with Crippen molar-refractivity contribution in [2.75, 3.05) is 12.3 Å². The van der Waals surface area contributed by atoms with Crippen LogP contribution in [0.25, 0.3) is 0 Å². The highest BCUT2D eigenvalue weighted by atomic mass is 32.2. The van der Waals surface area contributed by atoms with Crippen LogP contribution in [0.5, 0.6) is 0 Å². The Morgan fingerprint density at radius 1 is 1.38 bits per heavy atom. The first kappa shape index (κ1) is 17.3. The second kappa shape index (κ2) is 7.97. The van der Waals surface area contributed by atoms with Crippen LogP contribution in [-0.2, 0) is 16.6 Å². The lowest BCUT2D eigenvalue weighted by molar-refractivity contribution is 0.575. The molecule has 7 heteroatoms. The fourth-order valence-electron chi connectivity index (χ4n) is 2.15. The zero-order valence-electron chi connectivity index (χ0n) is 12.6. The lowest BCUT2D eigenvalue weighted by Crippen LogP contribution is -2.31. The Morgan fingerprint density at radius 2 is 2.19 bits per heavy atom. The number of sulfonamides is 1. The van der Waals surface area contributed by atoms with Gasteiger partial charge in [-0.3, -0.25) is 0 Å². The Bertz CT molecular complexity index is 534. The van der Waals surface area contributed by atoms with Crippen molar-refractivity contribution in [3.05, 3.63) is 17.0 Å². The van der Waals surface area contributed by atoms with E-state index in [2.05, 4.69) is 23.9 Å². The van der Waals surface area contributed by atoms with E-state index >= 15 is 0 Å². The van der Waals surface area contributed by atoms with Crippen molar-refractivity contribution in [3.63, 3.8) is 0 Å². The average Bonchev–Trinajstić information content (AvgIpc) is 2.94. The van der Waals surface area contributed by atoms with Gasteiger partial charge < -0.3 is 5.32 Å². The predicted molar refractivity (Wildman–Crippen MR) is 91.6 cm³/mol. The maximum Gasteiger partial charge on any atom is 0.250 e. The van der Waals surface area contributed by atoms with Crippen molar-refractivity contribution in [1.82, 2.24) is 10.0 Å². The molecule has 1 aromatic rings. The molecule has 0 amide bonds. The largest absolute Gasteiger partial charge is 0.310 e. The Morgan fingerprint density at radius 3 is 2.86 bits per heavy atom. The molecule has 2 rings (SSSR count). The molecule has 0 radical (unpaired) electrons. The molecule has 0 aromatic carbocycles. The number of rotatable bonds is 7. The van der Waals surface area contributed by atoms with Crippen LogP contribution in [0.2, 0.25) is 0 Å². The summed E-state index contributed by atoms with van der Waals surface area (Å²) in [4.78, 5) is 0. The molecule has 120 valence electrons. The van der Waals surface area contributed by atoms with Gasteiger partial charge in [0, 0.05) is 24.4 Å². The monoisotopic (exact) mass is 348 g/mol. The lowest BCUT2D eigenvalue weighted by Gasteiger charge is -2.21. The van der Waals surface area contributed by atoms with Gasteiger partial charge in [-0.05, 0) is 35.6 Å². The van der Waals surface area contributed by atoms with Crippen LogP contribution in [0.3, 0.4) is 0 Å². The van der Waals surface area contributed by atoms with Crippen LogP contribution in [0.15, 0.2) is 15.7 Å². The fourth-order valence-corrected chi connectivity index (χ4v) is 5.83. The zero-order valence-corrected chi connectivity index (χ0v) is 15.0. The van der Waals surface area contributed by atoms with Gasteiger partial charge in [0.05, 0.1) is 0 Å². The summed E-state index contributed by atoms with van der Waals surface area (Å²) in [5.74, 6) is 1.15. The van der Waals surface area contributed by atoms with E-state index in [4.69, 9.17) is 0 Å². The highest BCUT2D eigenvalue weighted by Crippen LogP contribution is 2.25. The van der Waals surface area contributed by atoms with E-state index in [1.54, 1.807) is 6.07 Å². The number of hydrogen-bond donors (Lipinski definition) is 2. The summed E-state index contributed by atoms with van der Waals surface area (Å²) in [5.41, 5.74) is 1.03. The van der Waals surface area contributed by atoms with Crippen molar-refractivity contribution < 1.29 is 8.42 Å². The molecule has 1 atom stereocenters. The molecule has 2 heterocycles. The quantitative estimate of drug-likeness (QED) is 0.795. The SMILES string of the molecule is CC(C)NCc1csc(S(=O)(=O)NCC2CCCCS2)c1. The summed E-state index contributed by atoms with van der Waals surface area (Å²) >= 11 is 3.18. The summed E-state index contributed by atoms with van der Waals surface area (Å²) in [6.45, 7) is 5.41. The minimum Gasteiger partial charge on any atom is -0.310 e. The third kappa shape index (κ3) is 5.56. The van der Waals surface area contributed by atoms with Gasteiger partial charge in [0.25, 0.3) is 0 Å². The first-order valence-electron chi connectivity index (χ1n) is 7.39. The minimum atomic E-state index is -3.35. The molecule has 0 saturated carbocycles. The molecule has 0 spiro atoms. The smallest absolute Gasteiger partial charge is 0.250 e. The summed E-state index contributed by atoms with van der Waals surface area (Å²) in [6, 6.07) is 2.17. The summed E-state index contributed by atoms with van der Waals surface area (Å²) in [6.07, 6.45) is 3.58. The Balaban J connectivity index is 1.89. The van der Waals surface area contributed by atoms with E-state index in [0.717, 1.165) is 17.7 Å². The maximum atomic E-state index is 12.3. The first-order valence-corrected chi connectivity index (χ1v) is 10.8. The molecular weight excluding hydrogens is 324 g/mol. The second-order valence-electron chi connectivity index (χ2n) is 5.65. The van der Waals surface area contributed by atoms with Crippen LogP contribution in [-0.4, -0.2) is 32.0 Å². The van der Waals surface area contributed by atoms with Crippen LogP contribution >= 0.6 is 23.1 Å². The molecule has 1 fully saturated rings. The van der Waals surface area contributed by atoms with E-state index in [0.29, 0.717) is 28.6 Å². The molecule has 1 aliphatic heterocycles. The van der Waals surface area contributed by atoms with Crippen LogP contribution in [0, 0.1) is 0 Å². The summed E-state index contributed by atoms with van der Waals surface area (Å²) in [7, 11) is -3.35. The molecular formula is C14H24N2O2S3. The fraction of sp³-hybridized carbons (Fsp3) is 0.714. The summed E-state index contributed by atoms with van der Waals surface area (Å²) in [5, 5.41) is 5.64. The van der Waals surface area contributed by atoms with Gasteiger partial charge in [0.1, 0.15) is 4.21 Å². The van der Waals surface area contributed by atoms with E-state index < -0.39 is 10.0 Å². The molecule has 1 aliphatic rings. The molecule has 0 bridgehead atoms. The van der Waals surface area contributed by atoms with Gasteiger partial charge in [0.2, 0.25) is 10.0 Å². The molecule has 1 aromatic heterocycles. The highest BCUT2D eigenvalue weighted by Gasteiger charge is 2.20. The van der Waals surface area contributed by atoms with E-state index in [-0.39, 0.29) is 0 Å². The number of thiophene rings is 1. The molecule has 0 aliphatic carbocycles. The Hall–Kier alpha value is -0.0800. The van der Waals surface area contributed by atoms with Crippen LogP contribution in [0.4, 0.5) is 0 Å². The van der Waals surface area contributed by atoms with Gasteiger partial charge in [0.15, 0.2) is 0 Å². The van der Waals surface area contributed by atoms with Gasteiger partial charge >= 0.3 is 0 Å². The van der Waals surface area contributed by atoms with E-state index in [1.807, 2.05) is 17.1 Å². The lowest BCUT2D eigenvalue weighted by atomic mass is 10.2. The number of thioether (sulfide) groups is 1. The van der Waals surface area contributed by atoms with E-state index in [1.165, 1.54) is 24.2 Å². The van der Waals surface area contributed by atoms with Crippen molar-refractivity contribution in [2.45, 2.75) is 55.2 Å². The van der Waals surface area contributed by atoms with Gasteiger partial charge in [-0.25, -0.2) is 13.1 Å². The van der Waals surface area contributed by atoms with Gasteiger partial charge in [-0.1, -0.05) is 20.3 Å². The standard InChI is InChI=1S/C14H24N2O2S3/c1-11(2)15-8-12-7-14(20-10-12)21(17,18)16-9-13-5-3-4-6-19-13/h7,10-11,13,15-16H,3-6,8-9H2,1-2H3. The zero-order chi connectivity index (χ0) is 15.3. The molecule has 2 N–H and O–H groups in total. The third-order valence-corrected chi connectivity index (χ3v) is 7.69. The summed E-state index contributed by atoms with van der Waals surface area (Å²) < 4.78 is 27.8. The third-order valence-electron chi connectivity index (χ3n) is 3.38. The van der Waals surface area contributed by atoms with E-state index in [9.17, 15) is 8.42 Å². The molecule has 4 nitrogen and oxygen atoms in total. The molecule has 1 saturated heterocycles. The maximum absolute atomic E-state index is 12.3. The van der Waals surface area contributed by atoms with Gasteiger partial charge in [-0.15, -0.1) is 11.3 Å². The van der Waals surface area contributed by atoms with Crippen LogP contribution in [0.1, 0.15) is 38.7 Å². The highest BCUT2D eigenvalue weighted by molar-refractivity contribution is 8.00. The molecule has 21 heavy (non-hydrogen) atoms. The van der Waals surface area contributed by atoms with Crippen molar-refractivity contribution >= 4 is 33.1 Å².